The Labute approximate surface area is 86.3 Å². The molecule has 0 aliphatic carbocycles. The van der Waals surface area contributed by atoms with Crippen LogP contribution in [-0.4, -0.2) is 26.3 Å². The van der Waals surface area contributed by atoms with E-state index in [4.69, 9.17) is 16.3 Å². The van der Waals surface area contributed by atoms with E-state index in [-0.39, 0.29) is 0 Å². The first-order valence-electron chi connectivity index (χ1n) is 4.72. The van der Waals surface area contributed by atoms with Crippen LogP contribution < -0.4 is 5.32 Å². The molecule has 0 amide bonds. The molecule has 0 aromatic carbocycles. The molecule has 78 valence electrons. The summed E-state index contributed by atoms with van der Waals surface area (Å²) < 4.78 is 5.11. The number of rotatable bonds is 7. The van der Waals surface area contributed by atoms with Gasteiger partial charge in [-0.15, -0.1) is 0 Å². The van der Waals surface area contributed by atoms with Crippen LogP contribution in [-0.2, 0) is 4.74 Å². The van der Waals surface area contributed by atoms with Crippen LogP contribution in [0.3, 0.4) is 0 Å². The van der Waals surface area contributed by atoms with Crippen LogP contribution in [0.1, 0.15) is 26.7 Å². The summed E-state index contributed by atoms with van der Waals surface area (Å²) in [5.74, 6) is 0. The first-order valence-corrected chi connectivity index (χ1v) is 5.16. The lowest BCUT2D eigenvalue weighted by atomic mass is 10.1. The predicted molar refractivity (Wildman–Crippen MR) is 58.2 cm³/mol. The molecule has 2 nitrogen and oxygen atoms in total. The lowest BCUT2D eigenvalue weighted by molar-refractivity contribution is 0.163. The fraction of sp³-hybridized carbons (Fsp3) is 0.800. The van der Waals surface area contributed by atoms with E-state index in [1.54, 1.807) is 12.6 Å². The van der Waals surface area contributed by atoms with Crippen molar-refractivity contribution in [1.29, 1.82) is 0 Å². The maximum absolute atomic E-state index is 5.56. The highest BCUT2D eigenvalue weighted by molar-refractivity contribution is 6.25. The Balaban J connectivity index is 3.67. The van der Waals surface area contributed by atoms with Crippen molar-refractivity contribution in [3.8, 4) is 0 Å². The van der Waals surface area contributed by atoms with Crippen molar-refractivity contribution >= 4 is 11.6 Å². The third-order valence-corrected chi connectivity index (χ3v) is 2.23. The molecule has 0 aromatic heterocycles. The minimum atomic E-state index is 0.446. The summed E-state index contributed by atoms with van der Waals surface area (Å²) in [6, 6.07) is 0.446. The Hall–Kier alpha value is -0.0500. The zero-order valence-electron chi connectivity index (χ0n) is 8.77. The zero-order chi connectivity index (χ0) is 10.1. The van der Waals surface area contributed by atoms with Crippen molar-refractivity contribution in [1.82, 2.24) is 5.32 Å². The summed E-state index contributed by atoms with van der Waals surface area (Å²) in [5.41, 5.74) is 2.77. The van der Waals surface area contributed by atoms with Gasteiger partial charge in [-0.3, -0.25) is 0 Å². The molecule has 3 heteroatoms. The zero-order valence-corrected chi connectivity index (χ0v) is 9.53. The number of nitrogens with one attached hydrogen (secondary N) is 1. The van der Waals surface area contributed by atoms with Gasteiger partial charge in [0, 0.05) is 25.2 Å². The van der Waals surface area contributed by atoms with E-state index in [0.29, 0.717) is 6.04 Å². The SMILES string of the molecule is CCCC(COC)NCC(C)=CCl. The fourth-order valence-corrected chi connectivity index (χ4v) is 1.22. The van der Waals surface area contributed by atoms with Gasteiger partial charge >= 0.3 is 0 Å². The van der Waals surface area contributed by atoms with Crippen LogP contribution in [0.4, 0.5) is 0 Å². The van der Waals surface area contributed by atoms with E-state index in [2.05, 4.69) is 12.2 Å². The highest BCUT2D eigenvalue weighted by Gasteiger charge is 2.05. The lowest BCUT2D eigenvalue weighted by Crippen LogP contribution is -2.34. The fourth-order valence-electron chi connectivity index (χ4n) is 1.14. The molecule has 0 aliphatic rings. The van der Waals surface area contributed by atoms with E-state index in [1.807, 2.05) is 6.92 Å². The molecular weight excluding hydrogens is 186 g/mol. The van der Waals surface area contributed by atoms with Gasteiger partial charge in [-0.25, -0.2) is 0 Å². The maximum atomic E-state index is 5.56. The summed E-state index contributed by atoms with van der Waals surface area (Å²) in [6.07, 6.45) is 2.31. The van der Waals surface area contributed by atoms with Crippen molar-refractivity contribution in [2.75, 3.05) is 20.3 Å². The average Bonchev–Trinajstić information content (AvgIpc) is 2.14. The van der Waals surface area contributed by atoms with Crippen molar-refractivity contribution in [2.45, 2.75) is 32.7 Å². The van der Waals surface area contributed by atoms with Gasteiger partial charge in [-0.05, 0) is 18.9 Å². The highest BCUT2D eigenvalue weighted by atomic mass is 35.5. The standard InChI is InChI=1S/C10H20ClNO/c1-4-5-10(8-13-3)12-7-9(2)6-11/h6,10,12H,4-5,7-8H2,1-3H3. The predicted octanol–water partition coefficient (Wildman–Crippen LogP) is 2.53. The van der Waals surface area contributed by atoms with E-state index in [1.165, 1.54) is 6.42 Å². The third kappa shape index (κ3) is 7.05. The van der Waals surface area contributed by atoms with Crippen molar-refractivity contribution < 1.29 is 4.74 Å². The van der Waals surface area contributed by atoms with Crippen molar-refractivity contribution in [3.63, 3.8) is 0 Å². The molecule has 0 aliphatic heterocycles. The molecule has 0 saturated carbocycles. The lowest BCUT2D eigenvalue weighted by Gasteiger charge is -2.16. The van der Waals surface area contributed by atoms with Crippen LogP contribution in [0.25, 0.3) is 0 Å². The van der Waals surface area contributed by atoms with Gasteiger partial charge in [0.2, 0.25) is 0 Å². The number of hydrogen-bond acceptors (Lipinski definition) is 2. The summed E-state index contributed by atoms with van der Waals surface area (Å²) >= 11 is 5.56. The topological polar surface area (TPSA) is 21.3 Å². The van der Waals surface area contributed by atoms with E-state index < -0.39 is 0 Å². The van der Waals surface area contributed by atoms with Gasteiger partial charge in [0.15, 0.2) is 0 Å². The monoisotopic (exact) mass is 205 g/mol. The van der Waals surface area contributed by atoms with Crippen LogP contribution in [0.15, 0.2) is 11.1 Å². The average molecular weight is 206 g/mol. The van der Waals surface area contributed by atoms with Crippen molar-refractivity contribution in [2.24, 2.45) is 0 Å². The van der Waals surface area contributed by atoms with Crippen molar-refractivity contribution in [3.05, 3.63) is 11.1 Å². The Kier molecular flexibility index (Phi) is 8.51. The molecule has 0 bridgehead atoms. The third-order valence-electron chi connectivity index (χ3n) is 1.86. The van der Waals surface area contributed by atoms with Gasteiger partial charge in [0.05, 0.1) is 6.61 Å². The minimum Gasteiger partial charge on any atom is -0.383 e. The Bertz CT molecular complexity index is 142. The minimum absolute atomic E-state index is 0.446. The van der Waals surface area contributed by atoms with Gasteiger partial charge < -0.3 is 10.1 Å². The summed E-state index contributed by atoms with van der Waals surface area (Å²) in [5, 5.41) is 3.39. The van der Waals surface area contributed by atoms with Crippen LogP contribution in [0, 0.1) is 0 Å². The van der Waals surface area contributed by atoms with Gasteiger partial charge in [0.1, 0.15) is 0 Å². The Morgan fingerprint density at radius 3 is 2.77 bits per heavy atom. The van der Waals surface area contributed by atoms with E-state index >= 15 is 0 Å². The number of hydrogen-bond donors (Lipinski definition) is 1. The second-order valence-electron chi connectivity index (χ2n) is 3.28. The molecule has 0 radical (unpaired) electrons. The first-order chi connectivity index (χ1) is 6.24. The molecule has 0 saturated heterocycles. The molecule has 13 heavy (non-hydrogen) atoms. The number of methoxy groups -OCH3 is 1. The number of ether oxygens (including phenoxy) is 1. The molecule has 1 unspecified atom stereocenters. The second kappa shape index (κ2) is 8.54. The maximum Gasteiger partial charge on any atom is 0.0615 e. The molecule has 0 rings (SSSR count). The van der Waals surface area contributed by atoms with E-state index in [9.17, 15) is 0 Å². The van der Waals surface area contributed by atoms with Crippen LogP contribution in [0.5, 0.6) is 0 Å². The summed E-state index contributed by atoms with van der Waals surface area (Å²) in [6.45, 7) is 5.80. The van der Waals surface area contributed by atoms with Crippen LogP contribution in [0.2, 0.25) is 0 Å². The second-order valence-corrected chi connectivity index (χ2v) is 3.50. The van der Waals surface area contributed by atoms with Gasteiger partial charge in [-0.1, -0.05) is 24.9 Å². The molecule has 0 heterocycles. The Morgan fingerprint density at radius 2 is 2.31 bits per heavy atom. The summed E-state index contributed by atoms with van der Waals surface area (Å²) in [4.78, 5) is 0. The number of halogens is 1. The summed E-state index contributed by atoms with van der Waals surface area (Å²) in [7, 11) is 1.73. The molecule has 1 N–H and O–H groups in total. The smallest absolute Gasteiger partial charge is 0.0615 e. The normalized spacial score (nSPS) is 14.6. The Morgan fingerprint density at radius 1 is 1.62 bits per heavy atom. The van der Waals surface area contributed by atoms with Gasteiger partial charge in [0.25, 0.3) is 0 Å². The molecule has 0 spiro atoms. The molecule has 1 atom stereocenters. The molecular formula is C10H20ClNO. The van der Waals surface area contributed by atoms with E-state index in [0.717, 1.165) is 25.1 Å². The molecule has 0 aromatic rings. The quantitative estimate of drug-likeness (QED) is 0.690. The van der Waals surface area contributed by atoms with Gasteiger partial charge in [-0.2, -0.15) is 0 Å². The largest absolute Gasteiger partial charge is 0.383 e. The van der Waals surface area contributed by atoms with Crippen LogP contribution >= 0.6 is 11.6 Å². The highest BCUT2D eigenvalue weighted by Crippen LogP contribution is 1.99. The first kappa shape index (κ1) is 12.9. The molecule has 0 fully saturated rings.